The van der Waals surface area contributed by atoms with Crippen LogP contribution in [-0.2, 0) is 4.79 Å². The van der Waals surface area contributed by atoms with Crippen LogP contribution in [0.1, 0.15) is 219 Å². The van der Waals surface area contributed by atoms with E-state index < -0.39 is 0 Å². The average Bonchev–Trinajstić information content (AvgIpc) is 3.00. The Balaban J connectivity index is 3.21. The third kappa shape index (κ3) is 37.0. The highest BCUT2D eigenvalue weighted by Crippen LogP contribution is 2.13. The summed E-state index contributed by atoms with van der Waals surface area (Å²) < 4.78 is 0. The van der Waals surface area contributed by atoms with Crippen LogP contribution in [0.25, 0.3) is 0 Å². The van der Waals surface area contributed by atoms with Gasteiger partial charge in [0.2, 0.25) is 5.91 Å². The van der Waals surface area contributed by atoms with E-state index in [0.29, 0.717) is 0 Å². The Hall–Kier alpha value is -1.05. The van der Waals surface area contributed by atoms with Crippen LogP contribution in [0.4, 0.5) is 0 Å². The summed E-state index contributed by atoms with van der Waals surface area (Å²) in [5.41, 5.74) is 0. The Labute approximate surface area is 265 Å². The Morgan fingerprint density at radius 1 is 0.381 bits per heavy atom. The second-order valence-electron chi connectivity index (χ2n) is 13.0. The van der Waals surface area contributed by atoms with Gasteiger partial charge in [0.05, 0.1) is 0 Å². The molecule has 0 saturated heterocycles. The molecule has 0 aliphatic heterocycles. The van der Waals surface area contributed by atoms with Crippen molar-refractivity contribution >= 4 is 5.91 Å². The number of amides is 1. The number of unbranched alkanes of at least 4 members (excludes halogenated alkanes) is 27. The fourth-order valence-electron chi connectivity index (χ4n) is 5.75. The first kappa shape index (κ1) is 41.0. The number of carbonyl (C=O) groups excluding carboxylic acids is 1. The van der Waals surface area contributed by atoms with E-state index in [1.54, 1.807) is 0 Å². The molecule has 248 valence electrons. The maximum absolute atomic E-state index is 12.1. The first-order valence-corrected chi connectivity index (χ1v) is 19.4. The fourth-order valence-corrected chi connectivity index (χ4v) is 5.75. The van der Waals surface area contributed by atoms with Crippen molar-refractivity contribution in [1.29, 1.82) is 0 Å². The molecule has 2 heteroatoms. The maximum Gasteiger partial charge on any atom is 0.219 e. The first-order valence-electron chi connectivity index (χ1n) is 19.4. The van der Waals surface area contributed by atoms with Gasteiger partial charge >= 0.3 is 0 Å². The second-order valence-corrected chi connectivity index (χ2v) is 13.0. The predicted octanol–water partition coefficient (Wildman–Crippen LogP) is 13.7. The van der Waals surface area contributed by atoms with Gasteiger partial charge in [-0.25, -0.2) is 0 Å². The van der Waals surface area contributed by atoms with E-state index in [2.05, 4.69) is 43.5 Å². The molecular weight excluding hydrogens is 510 g/mol. The van der Waals surface area contributed by atoms with Gasteiger partial charge in [-0.05, 0) is 64.2 Å². The van der Waals surface area contributed by atoms with Gasteiger partial charge in [0.15, 0.2) is 0 Å². The van der Waals surface area contributed by atoms with Crippen molar-refractivity contribution in [1.82, 2.24) is 5.32 Å². The van der Waals surface area contributed by atoms with E-state index in [4.69, 9.17) is 0 Å². The van der Waals surface area contributed by atoms with Crippen LogP contribution in [0.3, 0.4) is 0 Å². The van der Waals surface area contributed by atoms with Crippen LogP contribution >= 0.6 is 0 Å². The number of allylic oxidation sites excluding steroid dienone is 4. The number of rotatable bonds is 35. The van der Waals surface area contributed by atoms with Gasteiger partial charge in [0.25, 0.3) is 0 Å². The molecule has 0 fully saturated rings. The lowest BCUT2D eigenvalue weighted by Crippen LogP contribution is -2.23. The van der Waals surface area contributed by atoms with Gasteiger partial charge in [0, 0.05) is 13.0 Å². The summed E-state index contributed by atoms with van der Waals surface area (Å²) in [6, 6.07) is 0. The van der Waals surface area contributed by atoms with Crippen LogP contribution in [-0.4, -0.2) is 12.5 Å². The van der Waals surface area contributed by atoms with E-state index in [1.807, 2.05) is 0 Å². The zero-order valence-electron chi connectivity index (χ0n) is 29.1. The summed E-state index contributed by atoms with van der Waals surface area (Å²) >= 11 is 0. The van der Waals surface area contributed by atoms with E-state index in [-0.39, 0.29) is 5.91 Å². The minimum atomic E-state index is 0.267. The molecule has 0 aromatic heterocycles. The van der Waals surface area contributed by atoms with Crippen LogP contribution in [0.15, 0.2) is 24.3 Å². The molecule has 0 saturated carbocycles. The molecule has 0 aliphatic rings. The molecular formula is C40H77NO. The number of hydrogen-bond acceptors (Lipinski definition) is 1. The molecule has 0 aromatic rings. The van der Waals surface area contributed by atoms with Crippen molar-refractivity contribution in [3.8, 4) is 0 Å². The summed E-state index contributed by atoms with van der Waals surface area (Å²) in [4.78, 5) is 12.1. The van der Waals surface area contributed by atoms with Crippen molar-refractivity contribution in [3.63, 3.8) is 0 Å². The highest BCUT2D eigenvalue weighted by Gasteiger charge is 2.01. The second kappa shape index (κ2) is 38.0. The SMILES string of the molecule is CCCCCCCCC=CCCCCCCCCNC(=O)CCCCCCCCCCC/C=C\CCCCCCCC. The largest absolute Gasteiger partial charge is 0.356 e. The van der Waals surface area contributed by atoms with Crippen molar-refractivity contribution in [2.75, 3.05) is 6.54 Å². The Morgan fingerprint density at radius 3 is 1.02 bits per heavy atom. The van der Waals surface area contributed by atoms with Crippen molar-refractivity contribution in [2.45, 2.75) is 219 Å². The molecule has 2 nitrogen and oxygen atoms in total. The highest BCUT2D eigenvalue weighted by atomic mass is 16.1. The first-order chi connectivity index (χ1) is 20.8. The third-order valence-corrected chi connectivity index (χ3v) is 8.68. The lowest BCUT2D eigenvalue weighted by Gasteiger charge is -2.06. The zero-order chi connectivity index (χ0) is 30.4. The number of carbonyl (C=O) groups is 1. The van der Waals surface area contributed by atoms with Crippen LogP contribution < -0.4 is 5.32 Å². The average molecular weight is 588 g/mol. The van der Waals surface area contributed by atoms with E-state index in [0.717, 1.165) is 25.8 Å². The number of nitrogens with one attached hydrogen (secondary N) is 1. The molecule has 0 aromatic carbocycles. The van der Waals surface area contributed by atoms with Gasteiger partial charge in [0.1, 0.15) is 0 Å². The normalized spacial score (nSPS) is 11.8. The fraction of sp³-hybridized carbons (Fsp3) is 0.875. The Bertz CT molecular complexity index is 566. The minimum Gasteiger partial charge on any atom is -0.356 e. The molecule has 0 rings (SSSR count). The monoisotopic (exact) mass is 588 g/mol. The third-order valence-electron chi connectivity index (χ3n) is 8.68. The maximum atomic E-state index is 12.1. The van der Waals surface area contributed by atoms with Gasteiger partial charge in [-0.3, -0.25) is 4.79 Å². The van der Waals surface area contributed by atoms with E-state index in [1.165, 1.54) is 186 Å². The molecule has 0 atom stereocenters. The standard InChI is InChI=1S/C40H77NO/c1-3-5-7-9-11-13-15-17-19-21-22-23-24-26-28-30-32-34-36-38-40(42)41-39-37-35-33-31-29-27-25-20-18-16-14-12-10-8-6-4-2/h17-20H,3-16,21-39H2,1-2H3,(H,41,42)/b19-17-,20-18?. The van der Waals surface area contributed by atoms with Crippen molar-refractivity contribution in [3.05, 3.63) is 24.3 Å². The van der Waals surface area contributed by atoms with Gasteiger partial charge in [-0.15, -0.1) is 0 Å². The summed E-state index contributed by atoms with van der Waals surface area (Å²) in [5.74, 6) is 0.267. The van der Waals surface area contributed by atoms with E-state index in [9.17, 15) is 4.79 Å². The quantitative estimate of drug-likeness (QED) is 0.0580. The van der Waals surface area contributed by atoms with Crippen LogP contribution in [0.5, 0.6) is 0 Å². The molecule has 0 bridgehead atoms. The number of hydrogen-bond donors (Lipinski definition) is 1. The minimum absolute atomic E-state index is 0.267. The molecule has 42 heavy (non-hydrogen) atoms. The van der Waals surface area contributed by atoms with Gasteiger partial charge < -0.3 is 5.32 Å². The topological polar surface area (TPSA) is 29.1 Å². The highest BCUT2D eigenvalue weighted by molar-refractivity contribution is 5.75. The molecule has 1 amide bonds. The van der Waals surface area contributed by atoms with Gasteiger partial charge in [-0.2, -0.15) is 0 Å². The van der Waals surface area contributed by atoms with Crippen LogP contribution in [0, 0.1) is 0 Å². The van der Waals surface area contributed by atoms with Gasteiger partial charge in [-0.1, -0.05) is 173 Å². The van der Waals surface area contributed by atoms with Crippen molar-refractivity contribution in [2.24, 2.45) is 0 Å². The van der Waals surface area contributed by atoms with E-state index >= 15 is 0 Å². The van der Waals surface area contributed by atoms with Crippen molar-refractivity contribution < 1.29 is 4.79 Å². The molecule has 0 spiro atoms. The predicted molar refractivity (Wildman–Crippen MR) is 190 cm³/mol. The summed E-state index contributed by atoms with van der Waals surface area (Å²) in [6.07, 6.45) is 51.8. The lowest BCUT2D eigenvalue weighted by atomic mass is 10.1. The lowest BCUT2D eigenvalue weighted by molar-refractivity contribution is -0.121. The Morgan fingerprint density at radius 2 is 0.667 bits per heavy atom. The Kier molecular flexibility index (Phi) is 37.0. The smallest absolute Gasteiger partial charge is 0.219 e. The molecule has 0 heterocycles. The molecule has 0 aliphatic carbocycles. The summed E-state index contributed by atoms with van der Waals surface area (Å²) in [5, 5.41) is 3.14. The molecule has 0 radical (unpaired) electrons. The molecule has 0 unspecified atom stereocenters. The van der Waals surface area contributed by atoms with Crippen LogP contribution in [0.2, 0.25) is 0 Å². The zero-order valence-corrected chi connectivity index (χ0v) is 29.1. The molecule has 1 N–H and O–H groups in total. The summed E-state index contributed by atoms with van der Waals surface area (Å²) in [7, 11) is 0. The summed E-state index contributed by atoms with van der Waals surface area (Å²) in [6.45, 7) is 5.44.